The minimum atomic E-state index is -0.496. The van der Waals surface area contributed by atoms with Crippen LogP contribution in [-0.4, -0.2) is 25.6 Å². The highest BCUT2D eigenvalue weighted by Crippen LogP contribution is 2.17. The van der Waals surface area contributed by atoms with Crippen LogP contribution >= 0.6 is 0 Å². The van der Waals surface area contributed by atoms with Crippen molar-refractivity contribution < 1.29 is 9.53 Å². The van der Waals surface area contributed by atoms with E-state index in [2.05, 4.69) is 5.32 Å². The predicted octanol–water partition coefficient (Wildman–Crippen LogP) is 0.939. The van der Waals surface area contributed by atoms with Crippen LogP contribution < -0.4 is 21.5 Å². The summed E-state index contributed by atoms with van der Waals surface area (Å²) in [7, 11) is 1.62. The van der Waals surface area contributed by atoms with Gasteiger partial charge in [0.05, 0.1) is 19.2 Å². The van der Waals surface area contributed by atoms with Crippen LogP contribution in [0, 0.1) is 0 Å². The molecule has 1 aromatic rings. The maximum atomic E-state index is 11.9. The van der Waals surface area contributed by atoms with Gasteiger partial charge in [-0.25, -0.2) is 0 Å². The van der Waals surface area contributed by atoms with Gasteiger partial charge in [0.1, 0.15) is 5.75 Å². The zero-order valence-electron chi connectivity index (χ0n) is 11.6. The van der Waals surface area contributed by atoms with Gasteiger partial charge in [-0.3, -0.25) is 4.79 Å². The van der Waals surface area contributed by atoms with Crippen molar-refractivity contribution in [3.63, 3.8) is 0 Å². The number of nitrogens with two attached hydrogens (primary N) is 2. The first-order valence-electron chi connectivity index (χ1n) is 6.48. The topological polar surface area (TPSA) is 90.4 Å². The van der Waals surface area contributed by atoms with Crippen molar-refractivity contribution in [2.75, 3.05) is 13.7 Å². The molecule has 1 rings (SSSR count). The van der Waals surface area contributed by atoms with Crippen LogP contribution in [0.25, 0.3) is 0 Å². The average molecular weight is 265 g/mol. The van der Waals surface area contributed by atoms with E-state index in [1.54, 1.807) is 7.11 Å². The van der Waals surface area contributed by atoms with Crippen molar-refractivity contribution in [1.29, 1.82) is 0 Å². The van der Waals surface area contributed by atoms with Gasteiger partial charge < -0.3 is 21.5 Å². The van der Waals surface area contributed by atoms with E-state index in [-0.39, 0.29) is 11.9 Å². The molecule has 1 amide bonds. The van der Waals surface area contributed by atoms with Crippen LogP contribution in [0.1, 0.15) is 31.4 Å². The summed E-state index contributed by atoms with van der Waals surface area (Å²) in [6, 6.07) is 7.01. The summed E-state index contributed by atoms with van der Waals surface area (Å²) in [5.41, 5.74) is 12.2. The number of rotatable bonds is 7. The fourth-order valence-corrected chi connectivity index (χ4v) is 1.77. The van der Waals surface area contributed by atoms with E-state index in [1.165, 1.54) is 0 Å². The number of carbonyl (C=O) groups is 1. The standard InChI is InChI=1S/C14H23N3O2/c1-10(11-5-7-12(19-2)8-6-11)17-14(18)13(16)4-3-9-15/h5-8,10,13H,3-4,9,15-16H2,1-2H3,(H,17,18)/t10?,13-/m1/s1. The van der Waals surface area contributed by atoms with Crippen molar-refractivity contribution >= 4 is 5.91 Å². The molecular formula is C14H23N3O2. The molecule has 1 unspecified atom stereocenters. The summed E-state index contributed by atoms with van der Waals surface area (Å²) >= 11 is 0. The van der Waals surface area contributed by atoms with Crippen LogP contribution in [0.15, 0.2) is 24.3 Å². The SMILES string of the molecule is COc1ccc(C(C)NC(=O)[C@H](N)CCCN)cc1. The van der Waals surface area contributed by atoms with Gasteiger partial charge in [0.15, 0.2) is 0 Å². The third-order valence-corrected chi connectivity index (χ3v) is 3.03. The molecule has 0 aliphatic rings. The minimum Gasteiger partial charge on any atom is -0.497 e. The number of carbonyl (C=O) groups excluding carboxylic acids is 1. The Morgan fingerprint density at radius 2 is 2.00 bits per heavy atom. The fraction of sp³-hybridized carbons (Fsp3) is 0.500. The molecule has 0 spiro atoms. The largest absolute Gasteiger partial charge is 0.497 e. The molecule has 0 saturated heterocycles. The molecule has 0 radical (unpaired) electrons. The smallest absolute Gasteiger partial charge is 0.237 e. The molecule has 0 fully saturated rings. The van der Waals surface area contributed by atoms with Crippen LogP contribution in [0.2, 0.25) is 0 Å². The van der Waals surface area contributed by atoms with Crippen molar-refractivity contribution in [3.05, 3.63) is 29.8 Å². The molecule has 106 valence electrons. The number of hydrogen-bond donors (Lipinski definition) is 3. The maximum Gasteiger partial charge on any atom is 0.237 e. The average Bonchev–Trinajstić information content (AvgIpc) is 2.44. The molecular weight excluding hydrogens is 242 g/mol. The lowest BCUT2D eigenvalue weighted by molar-refractivity contribution is -0.123. The third kappa shape index (κ3) is 4.89. The van der Waals surface area contributed by atoms with Gasteiger partial charge in [-0.1, -0.05) is 12.1 Å². The number of amides is 1. The summed E-state index contributed by atoms with van der Waals surface area (Å²) in [6.45, 7) is 2.48. The summed E-state index contributed by atoms with van der Waals surface area (Å²) < 4.78 is 5.09. The van der Waals surface area contributed by atoms with E-state index in [4.69, 9.17) is 16.2 Å². The molecule has 19 heavy (non-hydrogen) atoms. The Labute approximate surface area is 114 Å². The highest BCUT2D eigenvalue weighted by molar-refractivity contribution is 5.81. The van der Waals surface area contributed by atoms with Crippen LogP contribution in [0.4, 0.5) is 0 Å². The number of benzene rings is 1. The predicted molar refractivity (Wildman–Crippen MR) is 75.8 cm³/mol. The Morgan fingerprint density at radius 1 is 1.37 bits per heavy atom. The Balaban J connectivity index is 2.53. The Morgan fingerprint density at radius 3 is 2.53 bits per heavy atom. The second kappa shape index (κ2) is 7.76. The van der Waals surface area contributed by atoms with Crippen molar-refractivity contribution in [1.82, 2.24) is 5.32 Å². The minimum absolute atomic E-state index is 0.0812. The van der Waals surface area contributed by atoms with Crippen molar-refractivity contribution in [2.24, 2.45) is 11.5 Å². The van der Waals surface area contributed by atoms with Gasteiger partial charge >= 0.3 is 0 Å². The Hall–Kier alpha value is -1.59. The van der Waals surface area contributed by atoms with E-state index in [9.17, 15) is 4.79 Å². The Kier molecular flexibility index (Phi) is 6.32. The molecule has 5 nitrogen and oxygen atoms in total. The molecule has 5 heteroatoms. The van der Waals surface area contributed by atoms with Gasteiger partial charge in [0, 0.05) is 0 Å². The summed E-state index contributed by atoms with van der Waals surface area (Å²) in [6.07, 6.45) is 1.36. The van der Waals surface area contributed by atoms with Crippen LogP contribution in [0.3, 0.4) is 0 Å². The quantitative estimate of drug-likeness (QED) is 0.684. The molecule has 0 aromatic heterocycles. The van der Waals surface area contributed by atoms with Gasteiger partial charge in [0.2, 0.25) is 5.91 Å². The van der Waals surface area contributed by atoms with E-state index in [1.807, 2.05) is 31.2 Å². The van der Waals surface area contributed by atoms with Gasteiger partial charge in [0.25, 0.3) is 0 Å². The molecule has 0 heterocycles. The monoisotopic (exact) mass is 265 g/mol. The molecule has 0 saturated carbocycles. The van der Waals surface area contributed by atoms with Gasteiger partial charge in [-0.15, -0.1) is 0 Å². The summed E-state index contributed by atoms with van der Waals surface area (Å²) in [5.74, 6) is 0.652. The molecule has 1 aromatic carbocycles. The van der Waals surface area contributed by atoms with E-state index < -0.39 is 6.04 Å². The zero-order valence-corrected chi connectivity index (χ0v) is 11.6. The third-order valence-electron chi connectivity index (χ3n) is 3.03. The van der Waals surface area contributed by atoms with E-state index >= 15 is 0 Å². The van der Waals surface area contributed by atoms with Crippen molar-refractivity contribution in [2.45, 2.75) is 31.8 Å². The van der Waals surface area contributed by atoms with Gasteiger partial charge in [-0.2, -0.15) is 0 Å². The second-order valence-corrected chi connectivity index (χ2v) is 4.54. The molecule has 0 aliphatic carbocycles. The normalized spacial score (nSPS) is 13.7. The first kappa shape index (κ1) is 15.5. The number of hydrogen-bond acceptors (Lipinski definition) is 4. The lowest BCUT2D eigenvalue weighted by Gasteiger charge is -2.18. The van der Waals surface area contributed by atoms with Gasteiger partial charge in [-0.05, 0) is 44.0 Å². The lowest BCUT2D eigenvalue weighted by Crippen LogP contribution is -2.41. The van der Waals surface area contributed by atoms with Crippen LogP contribution in [0.5, 0.6) is 5.75 Å². The maximum absolute atomic E-state index is 11.9. The molecule has 5 N–H and O–H groups in total. The zero-order chi connectivity index (χ0) is 14.3. The lowest BCUT2D eigenvalue weighted by atomic mass is 10.1. The highest BCUT2D eigenvalue weighted by Gasteiger charge is 2.16. The first-order valence-corrected chi connectivity index (χ1v) is 6.48. The first-order chi connectivity index (χ1) is 9.08. The number of methoxy groups -OCH3 is 1. The molecule has 0 bridgehead atoms. The van der Waals surface area contributed by atoms with Crippen LogP contribution in [-0.2, 0) is 4.79 Å². The number of nitrogens with one attached hydrogen (secondary N) is 1. The second-order valence-electron chi connectivity index (χ2n) is 4.54. The molecule has 0 aliphatic heterocycles. The van der Waals surface area contributed by atoms with E-state index in [0.717, 1.165) is 17.7 Å². The molecule has 2 atom stereocenters. The number of ether oxygens (including phenoxy) is 1. The van der Waals surface area contributed by atoms with E-state index in [0.29, 0.717) is 13.0 Å². The summed E-state index contributed by atoms with van der Waals surface area (Å²) in [5, 5.41) is 2.90. The van der Waals surface area contributed by atoms with Crippen molar-refractivity contribution in [3.8, 4) is 5.75 Å². The fourth-order valence-electron chi connectivity index (χ4n) is 1.77. The Bertz CT molecular complexity index is 392. The highest BCUT2D eigenvalue weighted by atomic mass is 16.5. The summed E-state index contributed by atoms with van der Waals surface area (Å²) in [4.78, 5) is 11.9.